The van der Waals surface area contributed by atoms with Crippen LogP contribution in [-0.2, 0) is 10.0 Å². The number of rotatable bonds is 5. The van der Waals surface area contributed by atoms with Crippen molar-refractivity contribution >= 4 is 31.9 Å². The largest absolute Gasteiger partial charge is 0.350 e. The average Bonchev–Trinajstić information content (AvgIpc) is 2.28. The Morgan fingerprint density at radius 3 is 2.43 bits per heavy atom. The fraction of sp³-hybridized carbons (Fsp3) is 0.462. The number of primary sulfonamides is 1. The van der Waals surface area contributed by atoms with Gasteiger partial charge in [-0.05, 0) is 47.3 Å². The van der Waals surface area contributed by atoms with Gasteiger partial charge in [-0.3, -0.25) is 4.79 Å². The first-order valence-electron chi connectivity index (χ1n) is 6.35. The quantitative estimate of drug-likeness (QED) is 0.821. The second-order valence-electron chi connectivity index (χ2n) is 5.31. The van der Waals surface area contributed by atoms with Crippen molar-refractivity contribution in [2.75, 3.05) is 0 Å². The Kier molecular flexibility index (Phi) is 5.89. The maximum atomic E-state index is 13.5. The number of carbonyl (C=O) groups is 1. The van der Waals surface area contributed by atoms with Crippen LogP contribution < -0.4 is 10.5 Å². The molecular weight excluding hydrogens is 363 g/mol. The summed E-state index contributed by atoms with van der Waals surface area (Å²) in [5.41, 5.74) is -0.102. The van der Waals surface area contributed by atoms with Gasteiger partial charge in [-0.2, -0.15) is 0 Å². The van der Waals surface area contributed by atoms with Crippen molar-refractivity contribution in [1.29, 1.82) is 0 Å². The van der Waals surface area contributed by atoms with Crippen molar-refractivity contribution in [2.45, 2.75) is 38.1 Å². The summed E-state index contributed by atoms with van der Waals surface area (Å²) in [6.07, 6.45) is 0.751. The highest BCUT2D eigenvalue weighted by atomic mass is 79.9. The first-order valence-corrected chi connectivity index (χ1v) is 8.69. The zero-order valence-corrected chi connectivity index (χ0v) is 14.4. The van der Waals surface area contributed by atoms with Crippen molar-refractivity contribution in [3.8, 4) is 0 Å². The van der Waals surface area contributed by atoms with Crippen LogP contribution in [0.15, 0.2) is 21.5 Å². The van der Waals surface area contributed by atoms with Crippen LogP contribution in [0.2, 0.25) is 0 Å². The van der Waals surface area contributed by atoms with Crippen molar-refractivity contribution < 1.29 is 17.6 Å². The molecule has 118 valence electrons. The van der Waals surface area contributed by atoms with E-state index in [9.17, 15) is 17.6 Å². The lowest BCUT2D eigenvalue weighted by Crippen LogP contribution is -2.34. The minimum Gasteiger partial charge on any atom is -0.350 e. The second kappa shape index (κ2) is 6.85. The van der Waals surface area contributed by atoms with Gasteiger partial charge in [0.1, 0.15) is 5.82 Å². The summed E-state index contributed by atoms with van der Waals surface area (Å²) in [5, 5.41) is 7.71. The lowest BCUT2D eigenvalue weighted by molar-refractivity contribution is 0.0934. The van der Waals surface area contributed by atoms with Crippen molar-refractivity contribution in [2.24, 2.45) is 11.1 Å². The first-order chi connectivity index (χ1) is 9.52. The highest BCUT2D eigenvalue weighted by molar-refractivity contribution is 9.10. The molecule has 0 radical (unpaired) electrons. The molecule has 0 saturated carbocycles. The third kappa shape index (κ3) is 5.05. The molecule has 1 rings (SSSR count). The minimum atomic E-state index is -4.13. The maximum absolute atomic E-state index is 13.5. The third-order valence-electron chi connectivity index (χ3n) is 2.76. The molecule has 1 aromatic rings. The van der Waals surface area contributed by atoms with E-state index < -0.39 is 26.6 Å². The molecule has 0 spiro atoms. The van der Waals surface area contributed by atoms with Gasteiger partial charge in [0, 0.05) is 6.04 Å². The van der Waals surface area contributed by atoms with Gasteiger partial charge >= 0.3 is 0 Å². The third-order valence-corrected chi connectivity index (χ3v) is 4.81. The number of carbonyl (C=O) groups excluding carboxylic acids is 1. The van der Waals surface area contributed by atoms with Gasteiger partial charge in [0.25, 0.3) is 5.91 Å². The number of amides is 1. The van der Waals surface area contributed by atoms with Crippen LogP contribution in [0.3, 0.4) is 0 Å². The summed E-state index contributed by atoms with van der Waals surface area (Å²) in [6.45, 7) is 5.85. The smallest absolute Gasteiger partial charge is 0.252 e. The molecule has 1 aromatic carbocycles. The van der Waals surface area contributed by atoms with Crippen LogP contribution in [0.25, 0.3) is 0 Å². The molecule has 5 nitrogen and oxygen atoms in total. The molecule has 0 saturated heterocycles. The van der Waals surface area contributed by atoms with Crippen LogP contribution in [0, 0.1) is 11.7 Å². The molecule has 1 atom stereocenters. The topological polar surface area (TPSA) is 89.3 Å². The number of nitrogens with one attached hydrogen (secondary N) is 1. The molecule has 8 heteroatoms. The molecule has 1 amide bonds. The summed E-state index contributed by atoms with van der Waals surface area (Å²) in [5.74, 6) is -1.01. The second-order valence-corrected chi connectivity index (χ2v) is 7.64. The van der Waals surface area contributed by atoms with Gasteiger partial charge in [0.05, 0.1) is 14.9 Å². The average molecular weight is 381 g/mol. The lowest BCUT2D eigenvalue weighted by atomic mass is 10.0. The van der Waals surface area contributed by atoms with Crippen LogP contribution >= 0.6 is 15.9 Å². The van der Waals surface area contributed by atoms with Crippen LogP contribution in [0.5, 0.6) is 0 Å². The molecule has 0 fully saturated rings. The number of nitrogens with two attached hydrogens (primary N) is 1. The predicted molar refractivity (Wildman–Crippen MR) is 81.9 cm³/mol. The predicted octanol–water partition coefficient (Wildman–Crippen LogP) is 2.40. The standard InChI is InChI=1S/C13H18BrFN2O3S/c1-7(2)4-8(3)17-13(18)10-5-9(15)6-11(12(10)14)21(16,19)20/h5-8H,4H2,1-3H3,(H,17,18)(H2,16,19,20). The molecule has 3 N–H and O–H groups in total. The van der Waals surface area contributed by atoms with Crippen molar-refractivity contribution in [1.82, 2.24) is 5.32 Å². The van der Waals surface area contributed by atoms with Gasteiger partial charge < -0.3 is 5.32 Å². The Hall–Kier alpha value is -0.990. The van der Waals surface area contributed by atoms with E-state index in [0.29, 0.717) is 5.92 Å². The number of benzene rings is 1. The Morgan fingerprint density at radius 2 is 1.95 bits per heavy atom. The van der Waals surface area contributed by atoms with Crippen LogP contribution in [0.1, 0.15) is 37.6 Å². The zero-order chi connectivity index (χ0) is 16.4. The van der Waals surface area contributed by atoms with Crippen molar-refractivity contribution in [3.63, 3.8) is 0 Å². The zero-order valence-electron chi connectivity index (χ0n) is 12.0. The van der Waals surface area contributed by atoms with Gasteiger partial charge in [0.2, 0.25) is 10.0 Å². The molecule has 0 aliphatic heterocycles. The van der Waals surface area contributed by atoms with Crippen molar-refractivity contribution in [3.05, 3.63) is 28.0 Å². The van der Waals surface area contributed by atoms with Gasteiger partial charge in [-0.25, -0.2) is 17.9 Å². The minimum absolute atomic E-state index is 0.0411. The number of halogens is 2. The first kappa shape index (κ1) is 18.1. The lowest BCUT2D eigenvalue weighted by Gasteiger charge is -2.17. The van der Waals surface area contributed by atoms with Crippen LogP contribution in [0.4, 0.5) is 4.39 Å². The molecular formula is C13H18BrFN2O3S. The Balaban J connectivity index is 3.14. The summed E-state index contributed by atoms with van der Waals surface area (Å²) < 4.78 is 36.3. The highest BCUT2D eigenvalue weighted by Gasteiger charge is 2.22. The summed E-state index contributed by atoms with van der Waals surface area (Å²) in [6, 6.07) is 1.62. The van der Waals surface area contributed by atoms with E-state index in [1.165, 1.54) is 0 Å². The Morgan fingerprint density at radius 1 is 1.38 bits per heavy atom. The monoisotopic (exact) mass is 380 g/mol. The maximum Gasteiger partial charge on any atom is 0.252 e. The highest BCUT2D eigenvalue weighted by Crippen LogP contribution is 2.26. The Labute approximate surface area is 132 Å². The van der Waals surface area contributed by atoms with Crippen LogP contribution in [-0.4, -0.2) is 20.4 Å². The fourth-order valence-corrected chi connectivity index (χ4v) is 3.73. The van der Waals surface area contributed by atoms with Gasteiger partial charge in [-0.1, -0.05) is 13.8 Å². The van der Waals surface area contributed by atoms with E-state index in [0.717, 1.165) is 18.6 Å². The van der Waals surface area contributed by atoms with Gasteiger partial charge in [0.15, 0.2) is 0 Å². The number of hydrogen-bond donors (Lipinski definition) is 2. The van der Waals surface area contributed by atoms with Gasteiger partial charge in [-0.15, -0.1) is 0 Å². The Bertz CT molecular complexity index is 647. The molecule has 0 heterocycles. The van der Waals surface area contributed by atoms with E-state index in [1.807, 2.05) is 20.8 Å². The summed E-state index contributed by atoms with van der Waals surface area (Å²) >= 11 is 3.01. The molecule has 0 bridgehead atoms. The normalized spacial score (nSPS) is 13.3. The fourth-order valence-electron chi connectivity index (χ4n) is 2.00. The number of hydrogen-bond acceptors (Lipinski definition) is 3. The summed E-state index contributed by atoms with van der Waals surface area (Å²) in [7, 11) is -4.13. The van der Waals surface area contributed by atoms with E-state index in [2.05, 4.69) is 21.2 Å². The molecule has 1 unspecified atom stereocenters. The summed E-state index contributed by atoms with van der Waals surface area (Å²) in [4.78, 5) is 11.7. The van der Waals surface area contributed by atoms with E-state index in [1.54, 1.807) is 0 Å². The SMILES string of the molecule is CC(C)CC(C)NC(=O)c1cc(F)cc(S(N)(=O)=O)c1Br. The molecule has 0 aliphatic rings. The molecule has 0 aliphatic carbocycles. The van der Waals surface area contributed by atoms with E-state index >= 15 is 0 Å². The van der Waals surface area contributed by atoms with E-state index in [4.69, 9.17) is 5.14 Å². The molecule has 0 aromatic heterocycles. The molecule has 21 heavy (non-hydrogen) atoms. The van der Waals surface area contributed by atoms with E-state index in [-0.39, 0.29) is 16.1 Å². The number of sulfonamides is 1.